The molecule has 2 saturated carbocycles. The summed E-state index contributed by atoms with van der Waals surface area (Å²) in [7, 11) is 0. The van der Waals surface area contributed by atoms with Crippen LogP contribution in [0.4, 0.5) is 0 Å². The Balaban J connectivity index is 2.01. The SMILES string of the molecule is CCC(C)(C#N)CC1(CC(C)(CC(C)(CC(C)(C)C(=O)OC2CC3CCC2(C)C3(C)C)C(=O)OC(C)(C)C)C(=O)O)CC(=O)OC1=O. The van der Waals surface area contributed by atoms with Crippen LogP contribution in [0.3, 0.4) is 0 Å². The number of rotatable bonds is 13. The van der Waals surface area contributed by atoms with Crippen molar-refractivity contribution < 1.29 is 43.3 Å². The first-order chi connectivity index (χ1) is 21.1. The lowest BCUT2D eigenvalue weighted by atomic mass is 9.58. The Labute approximate surface area is 280 Å². The lowest BCUT2D eigenvalue weighted by molar-refractivity contribution is -0.179. The van der Waals surface area contributed by atoms with Crippen LogP contribution in [0.1, 0.15) is 141 Å². The number of carbonyl (C=O) groups is 5. The molecule has 0 radical (unpaired) electrons. The van der Waals surface area contributed by atoms with Crippen LogP contribution in [0.5, 0.6) is 0 Å². The van der Waals surface area contributed by atoms with Gasteiger partial charge in [0, 0.05) is 5.41 Å². The zero-order chi connectivity index (χ0) is 36.2. The van der Waals surface area contributed by atoms with E-state index in [2.05, 4.69) is 26.8 Å². The van der Waals surface area contributed by atoms with Crippen LogP contribution in [0.2, 0.25) is 0 Å². The molecule has 0 spiro atoms. The smallest absolute Gasteiger partial charge is 0.320 e. The van der Waals surface area contributed by atoms with E-state index >= 15 is 0 Å². The Morgan fingerprint density at radius 1 is 0.957 bits per heavy atom. The van der Waals surface area contributed by atoms with Crippen LogP contribution >= 0.6 is 0 Å². The summed E-state index contributed by atoms with van der Waals surface area (Å²) in [5.74, 6) is -3.63. The van der Waals surface area contributed by atoms with Gasteiger partial charge < -0.3 is 19.3 Å². The van der Waals surface area contributed by atoms with Crippen molar-refractivity contribution in [1.82, 2.24) is 0 Å². The molecular formula is C37H57NO9. The molecule has 7 atom stereocenters. The number of nitriles is 1. The number of carboxylic acid groups (broad SMARTS) is 1. The second-order valence-electron chi connectivity index (χ2n) is 18.3. The van der Waals surface area contributed by atoms with Crippen molar-refractivity contribution in [1.29, 1.82) is 5.26 Å². The van der Waals surface area contributed by atoms with E-state index in [1.165, 1.54) is 6.92 Å². The highest BCUT2D eigenvalue weighted by atomic mass is 16.6. The van der Waals surface area contributed by atoms with Crippen molar-refractivity contribution in [2.75, 3.05) is 0 Å². The van der Waals surface area contributed by atoms with E-state index in [0.717, 1.165) is 19.3 Å². The molecule has 47 heavy (non-hydrogen) atoms. The Morgan fingerprint density at radius 3 is 1.96 bits per heavy atom. The van der Waals surface area contributed by atoms with Crippen molar-refractivity contribution in [2.24, 2.45) is 43.8 Å². The monoisotopic (exact) mass is 659 g/mol. The third-order valence-corrected chi connectivity index (χ3v) is 12.2. The minimum absolute atomic E-state index is 0.0224. The minimum atomic E-state index is -1.76. The number of aliphatic carboxylic acids is 1. The van der Waals surface area contributed by atoms with E-state index in [0.29, 0.717) is 12.3 Å². The topological polar surface area (TPSA) is 157 Å². The van der Waals surface area contributed by atoms with Gasteiger partial charge in [-0.1, -0.05) is 27.7 Å². The molecule has 7 unspecified atom stereocenters. The molecule has 3 rings (SSSR count). The van der Waals surface area contributed by atoms with Gasteiger partial charge in [0.25, 0.3) is 0 Å². The number of hydrogen-bond donors (Lipinski definition) is 1. The van der Waals surface area contributed by atoms with Gasteiger partial charge in [-0.05, 0) is 118 Å². The molecule has 10 heteroatoms. The van der Waals surface area contributed by atoms with Crippen LogP contribution in [0.25, 0.3) is 0 Å². The number of carbonyl (C=O) groups excluding carboxylic acids is 4. The molecule has 264 valence electrons. The summed E-state index contributed by atoms with van der Waals surface area (Å²) < 4.78 is 17.1. The fourth-order valence-electron chi connectivity index (χ4n) is 8.99. The lowest BCUT2D eigenvalue weighted by Crippen LogP contribution is -2.48. The highest BCUT2D eigenvalue weighted by Gasteiger charge is 2.64. The van der Waals surface area contributed by atoms with Crippen molar-refractivity contribution >= 4 is 29.8 Å². The molecule has 0 aromatic rings. The third kappa shape index (κ3) is 7.24. The molecule has 0 aromatic heterocycles. The largest absolute Gasteiger partial charge is 0.481 e. The quantitative estimate of drug-likeness (QED) is 0.122. The molecule has 1 heterocycles. The summed E-state index contributed by atoms with van der Waals surface area (Å²) >= 11 is 0. The normalized spacial score (nSPS) is 30.8. The second kappa shape index (κ2) is 12.2. The second-order valence-corrected chi connectivity index (χ2v) is 18.3. The summed E-state index contributed by atoms with van der Waals surface area (Å²) in [4.78, 5) is 67.0. The molecule has 1 aliphatic heterocycles. The standard InChI is InChI=1S/C37H57NO9/c1-13-33(9,22-38)19-37(17-25(39)46-29(37)44)21-34(10,26(40)41)20-35(11,28(43)47-30(2,3)4)18-31(5,6)27(42)45-24-16-23-14-15-36(24,12)32(23,7)8/h23-24H,13-21H2,1-12H3,(H,40,41). The molecule has 0 aromatic carbocycles. The zero-order valence-electron chi connectivity index (χ0n) is 30.7. The first kappa shape index (κ1) is 38.5. The first-order valence-corrected chi connectivity index (χ1v) is 17.0. The van der Waals surface area contributed by atoms with Gasteiger partial charge >= 0.3 is 29.8 Å². The molecule has 1 N–H and O–H groups in total. The van der Waals surface area contributed by atoms with E-state index in [1.807, 2.05) is 0 Å². The zero-order valence-corrected chi connectivity index (χ0v) is 30.7. The number of cyclic esters (lactones) is 2. The lowest BCUT2D eigenvalue weighted by Gasteiger charge is -2.44. The van der Waals surface area contributed by atoms with Gasteiger partial charge in [0.1, 0.15) is 11.7 Å². The molecule has 2 aliphatic carbocycles. The maximum atomic E-state index is 14.1. The van der Waals surface area contributed by atoms with E-state index in [4.69, 9.17) is 14.2 Å². The molecule has 3 fully saturated rings. The van der Waals surface area contributed by atoms with Gasteiger partial charge in [0.15, 0.2) is 0 Å². The van der Waals surface area contributed by atoms with Crippen LogP contribution in [-0.2, 0) is 38.2 Å². The average Bonchev–Trinajstić information content (AvgIpc) is 3.38. The van der Waals surface area contributed by atoms with Gasteiger partial charge in [-0.15, -0.1) is 0 Å². The summed E-state index contributed by atoms with van der Waals surface area (Å²) in [5, 5.41) is 20.7. The van der Waals surface area contributed by atoms with Crippen molar-refractivity contribution in [2.45, 2.75) is 153 Å². The van der Waals surface area contributed by atoms with Gasteiger partial charge in [-0.3, -0.25) is 24.0 Å². The fraction of sp³-hybridized carbons (Fsp3) is 0.838. The summed E-state index contributed by atoms with van der Waals surface area (Å²) in [6, 6.07) is 2.22. The van der Waals surface area contributed by atoms with Crippen molar-refractivity contribution in [3.8, 4) is 6.07 Å². The number of ether oxygens (including phenoxy) is 3. The highest BCUT2D eigenvalue weighted by Crippen LogP contribution is 2.66. The van der Waals surface area contributed by atoms with Crippen LogP contribution < -0.4 is 0 Å². The number of hydrogen-bond acceptors (Lipinski definition) is 9. The van der Waals surface area contributed by atoms with E-state index in [9.17, 15) is 34.3 Å². The van der Waals surface area contributed by atoms with Gasteiger partial charge in [-0.25, -0.2) is 0 Å². The molecular weight excluding hydrogens is 602 g/mol. The predicted molar refractivity (Wildman–Crippen MR) is 173 cm³/mol. The molecule has 3 aliphatic rings. The minimum Gasteiger partial charge on any atom is -0.481 e. The Hall–Kier alpha value is -2.96. The van der Waals surface area contributed by atoms with Crippen LogP contribution in [0, 0.1) is 55.2 Å². The number of esters is 4. The van der Waals surface area contributed by atoms with E-state index < -0.39 is 62.5 Å². The van der Waals surface area contributed by atoms with Crippen LogP contribution in [-0.4, -0.2) is 46.7 Å². The summed E-state index contributed by atoms with van der Waals surface area (Å²) in [6.45, 7) is 21.7. The Kier molecular flexibility index (Phi) is 9.97. The number of carboxylic acids is 1. The van der Waals surface area contributed by atoms with Gasteiger partial charge in [0.05, 0.1) is 39.6 Å². The fourth-order valence-corrected chi connectivity index (χ4v) is 8.99. The van der Waals surface area contributed by atoms with Crippen molar-refractivity contribution in [3.05, 3.63) is 0 Å². The summed E-state index contributed by atoms with van der Waals surface area (Å²) in [6.07, 6.45) is 1.73. The Bertz CT molecular complexity index is 1350. The maximum Gasteiger partial charge on any atom is 0.320 e. The number of nitrogens with zero attached hydrogens (tertiary/aromatic N) is 1. The van der Waals surface area contributed by atoms with Gasteiger partial charge in [0.2, 0.25) is 0 Å². The van der Waals surface area contributed by atoms with Crippen LogP contribution in [0.15, 0.2) is 0 Å². The van der Waals surface area contributed by atoms with Gasteiger partial charge in [-0.2, -0.15) is 5.26 Å². The van der Waals surface area contributed by atoms with E-state index in [-0.39, 0.29) is 49.0 Å². The molecule has 1 saturated heterocycles. The third-order valence-electron chi connectivity index (χ3n) is 12.2. The molecule has 10 nitrogen and oxygen atoms in total. The first-order valence-electron chi connectivity index (χ1n) is 17.0. The van der Waals surface area contributed by atoms with Crippen molar-refractivity contribution in [3.63, 3.8) is 0 Å². The average molecular weight is 660 g/mol. The Morgan fingerprint density at radius 2 is 1.55 bits per heavy atom. The van der Waals surface area contributed by atoms with E-state index in [1.54, 1.807) is 55.4 Å². The molecule has 2 bridgehead atoms. The highest BCUT2D eigenvalue weighted by molar-refractivity contribution is 5.98. The molecule has 0 amide bonds. The number of fused-ring (bicyclic) bond motifs is 2. The maximum absolute atomic E-state index is 14.1. The summed E-state index contributed by atoms with van der Waals surface area (Å²) in [5.41, 5.74) is -8.18. The predicted octanol–water partition coefficient (Wildman–Crippen LogP) is 7.17.